The highest BCUT2D eigenvalue weighted by molar-refractivity contribution is 6.11. The summed E-state index contributed by atoms with van der Waals surface area (Å²) < 4.78 is 0. The van der Waals surface area contributed by atoms with E-state index in [1.807, 2.05) is 24.3 Å². The first-order chi connectivity index (χ1) is 8.33. The third kappa shape index (κ3) is 1.34. The molecule has 0 aliphatic rings. The summed E-state index contributed by atoms with van der Waals surface area (Å²) in [6.07, 6.45) is 1.30. The number of rotatable bonds is 2. The van der Waals surface area contributed by atoms with E-state index in [2.05, 4.69) is 9.97 Å². The molecular formula is C13H8N2O2. The van der Waals surface area contributed by atoms with Crippen molar-refractivity contribution in [2.75, 3.05) is 0 Å². The van der Waals surface area contributed by atoms with Crippen LogP contribution in [-0.2, 0) is 0 Å². The highest BCUT2D eigenvalue weighted by Crippen LogP contribution is 2.26. The molecular weight excluding hydrogens is 216 g/mol. The standard InChI is InChI=1S/C13H8N2O2/c16-6-8-5-10-9-3-1-2-4-11(9)15-13(10)12(7-17)14-8/h1-7,15H. The van der Waals surface area contributed by atoms with Gasteiger partial charge in [-0.1, -0.05) is 18.2 Å². The van der Waals surface area contributed by atoms with Gasteiger partial charge in [0.15, 0.2) is 12.6 Å². The number of carbonyl (C=O) groups excluding carboxylic acids is 2. The van der Waals surface area contributed by atoms with Gasteiger partial charge < -0.3 is 4.98 Å². The zero-order chi connectivity index (χ0) is 11.8. The first kappa shape index (κ1) is 9.72. The number of aldehydes is 2. The van der Waals surface area contributed by atoms with Gasteiger partial charge in [0.25, 0.3) is 0 Å². The van der Waals surface area contributed by atoms with Gasteiger partial charge in [-0.05, 0) is 12.1 Å². The maximum absolute atomic E-state index is 11.0. The summed E-state index contributed by atoms with van der Waals surface area (Å²) in [5.74, 6) is 0. The van der Waals surface area contributed by atoms with E-state index in [4.69, 9.17) is 0 Å². The van der Waals surface area contributed by atoms with Crippen LogP contribution in [-0.4, -0.2) is 22.5 Å². The molecule has 0 bridgehead atoms. The number of fused-ring (bicyclic) bond motifs is 3. The van der Waals surface area contributed by atoms with Crippen LogP contribution in [0, 0.1) is 0 Å². The Morgan fingerprint density at radius 3 is 2.65 bits per heavy atom. The lowest BCUT2D eigenvalue weighted by Crippen LogP contribution is -1.94. The molecule has 82 valence electrons. The fourth-order valence-electron chi connectivity index (χ4n) is 2.04. The Hall–Kier alpha value is -2.49. The monoisotopic (exact) mass is 224 g/mol. The third-order valence-electron chi connectivity index (χ3n) is 2.78. The van der Waals surface area contributed by atoms with Crippen LogP contribution in [0.1, 0.15) is 21.0 Å². The molecule has 3 aromatic rings. The topological polar surface area (TPSA) is 62.8 Å². The van der Waals surface area contributed by atoms with Crippen molar-refractivity contribution in [3.8, 4) is 0 Å². The third-order valence-corrected chi connectivity index (χ3v) is 2.78. The van der Waals surface area contributed by atoms with E-state index in [9.17, 15) is 9.59 Å². The molecule has 0 unspecified atom stereocenters. The lowest BCUT2D eigenvalue weighted by Gasteiger charge is -1.96. The van der Waals surface area contributed by atoms with Crippen molar-refractivity contribution in [3.63, 3.8) is 0 Å². The molecule has 0 saturated carbocycles. The molecule has 0 spiro atoms. The second-order valence-corrected chi connectivity index (χ2v) is 3.76. The zero-order valence-corrected chi connectivity index (χ0v) is 8.81. The summed E-state index contributed by atoms with van der Waals surface area (Å²) in [5.41, 5.74) is 2.13. The van der Waals surface area contributed by atoms with E-state index in [0.29, 0.717) is 18.1 Å². The van der Waals surface area contributed by atoms with Crippen LogP contribution in [0.15, 0.2) is 30.3 Å². The first-order valence-corrected chi connectivity index (χ1v) is 5.15. The van der Waals surface area contributed by atoms with Crippen LogP contribution in [0.25, 0.3) is 21.8 Å². The number of aromatic amines is 1. The fraction of sp³-hybridized carbons (Fsp3) is 0. The molecule has 3 rings (SSSR count). The van der Waals surface area contributed by atoms with Crippen molar-refractivity contribution < 1.29 is 9.59 Å². The maximum atomic E-state index is 11.0. The van der Waals surface area contributed by atoms with Crippen LogP contribution in [0.3, 0.4) is 0 Å². The van der Waals surface area contributed by atoms with Crippen molar-refractivity contribution >= 4 is 34.4 Å². The van der Waals surface area contributed by atoms with Crippen LogP contribution in [0.2, 0.25) is 0 Å². The summed E-state index contributed by atoms with van der Waals surface area (Å²) in [4.78, 5) is 28.9. The lowest BCUT2D eigenvalue weighted by molar-refractivity contribution is 0.111. The Morgan fingerprint density at radius 2 is 1.88 bits per heavy atom. The van der Waals surface area contributed by atoms with Crippen LogP contribution >= 0.6 is 0 Å². The van der Waals surface area contributed by atoms with Gasteiger partial charge in [-0.2, -0.15) is 0 Å². The van der Waals surface area contributed by atoms with Crippen LogP contribution in [0.5, 0.6) is 0 Å². The normalized spacial score (nSPS) is 10.8. The second-order valence-electron chi connectivity index (χ2n) is 3.76. The van der Waals surface area contributed by atoms with Gasteiger partial charge in [-0.3, -0.25) is 9.59 Å². The Labute approximate surface area is 96.3 Å². The lowest BCUT2D eigenvalue weighted by atomic mass is 10.1. The number of H-pyrrole nitrogens is 1. The van der Waals surface area contributed by atoms with E-state index in [1.165, 1.54) is 0 Å². The quantitative estimate of drug-likeness (QED) is 0.679. The van der Waals surface area contributed by atoms with E-state index in [1.54, 1.807) is 6.07 Å². The Balaban J connectivity index is 2.55. The molecule has 0 aliphatic carbocycles. The number of aromatic nitrogens is 2. The molecule has 0 saturated heterocycles. The molecule has 1 aromatic carbocycles. The van der Waals surface area contributed by atoms with Gasteiger partial charge in [0.1, 0.15) is 11.4 Å². The average Bonchev–Trinajstić information content (AvgIpc) is 2.76. The minimum Gasteiger partial charge on any atom is -0.353 e. The zero-order valence-electron chi connectivity index (χ0n) is 8.81. The van der Waals surface area contributed by atoms with E-state index >= 15 is 0 Å². The van der Waals surface area contributed by atoms with Crippen molar-refractivity contribution in [2.24, 2.45) is 0 Å². The molecule has 4 nitrogen and oxygen atoms in total. The molecule has 2 heterocycles. The molecule has 2 aromatic heterocycles. The predicted octanol–water partition coefficient (Wildman–Crippen LogP) is 2.34. The van der Waals surface area contributed by atoms with Gasteiger partial charge in [0, 0.05) is 16.3 Å². The number of nitrogens with one attached hydrogen (secondary N) is 1. The van der Waals surface area contributed by atoms with Crippen molar-refractivity contribution in [2.45, 2.75) is 0 Å². The fourth-order valence-corrected chi connectivity index (χ4v) is 2.04. The van der Waals surface area contributed by atoms with Crippen LogP contribution < -0.4 is 0 Å². The van der Waals surface area contributed by atoms with Gasteiger partial charge in [0.05, 0.1) is 5.52 Å². The molecule has 17 heavy (non-hydrogen) atoms. The number of hydrogen-bond acceptors (Lipinski definition) is 3. The van der Waals surface area contributed by atoms with Gasteiger partial charge >= 0.3 is 0 Å². The SMILES string of the molecule is O=Cc1cc2c([nH]c3ccccc32)c(C=O)n1. The van der Waals surface area contributed by atoms with Gasteiger partial charge in [-0.25, -0.2) is 4.98 Å². The van der Waals surface area contributed by atoms with Crippen molar-refractivity contribution in [1.29, 1.82) is 0 Å². The minimum atomic E-state index is 0.265. The van der Waals surface area contributed by atoms with E-state index in [-0.39, 0.29) is 11.4 Å². The largest absolute Gasteiger partial charge is 0.353 e. The summed E-state index contributed by atoms with van der Waals surface area (Å²) in [7, 11) is 0. The average molecular weight is 224 g/mol. The molecule has 0 atom stereocenters. The van der Waals surface area contributed by atoms with Crippen LogP contribution in [0.4, 0.5) is 0 Å². The molecule has 1 N–H and O–H groups in total. The Bertz CT molecular complexity index is 744. The predicted molar refractivity (Wildman–Crippen MR) is 64.4 cm³/mol. The van der Waals surface area contributed by atoms with E-state index in [0.717, 1.165) is 16.3 Å². The Morgan fingerprint density at radius 1 is 1.06 bits per heavy atom. The summed E-state index contributed by atoms with van der Waals surface area (Å²) in [6, 6.07) is 9.37. The van der Waals surface area contributed by atoms with Gasteiger partial charge in [0.2, 0.25) is 0 Å². The van der Waals surface area contributed by atoms with Crippen molar-refractivity contribution in [1.82, 2.24) is 9.97 Å². The molecule has 0 fully saturated rings. The molecule has 4 heteroatoms. The summed E-state index contributed by atoms with van der Waals surface area (Å²) >= 11 is 0. The maximum Gasteiger partial charge on any atom is 0.170 e. The highest BCUT2D eigenvalue weighted by Gasteiger charge is 2.10. The minimum absolute atomic E-state index is 0.265. The molecule has 0 radical (unpaired) electrons. The highest BCUT2D eigenvalue weighted by atomic mass is 16.1. The summed E-state index contributed by atoms with van der Waals surface area (Å²) in [6.45, 7) is 0. The summed E-state index contributed by atoms with van der Waals surface area (Å²) in [5, 5.41) is 1.83. The number of benzene rings is 1. The smallest absolute Gasteiger partial charge is 0.170 e. The number of hydrogen-bond donors (Lipinski definition) is 1. The number of pyridine rings is 1. The number of nitrogens with zero attached hydrogens (tertiary/aromatic N) is 1. The first-order valence-electron chi connectivity index (χ1n) is 5.15. The van der Waals surface area contributed by atoms with Gasteiger partial charge in [-0.15, -0.1) is 0 Å². The Kier molecular flexibility index (Phi) is 2.01. The number of para-hydroxylation sites is 1. The number of carbonyl (C=O) groups is 2. The molecule has 0 aliphatic heterocycles. The molecule has 0 amide bonds. The van der Waals surface area contributed by atoms with E-state index < -0.39 is 0 Å². The van der Waals surface area contributed by atoms with Crippen molar-refractivity contribution in [3.05, 3.63) is 41.7 Å². The second kappa shape index (κ2) is 3.52.